The molecule has 1 amide bonds. The summed E-state index contributed by atoms with van der Waals surface area (Å²) in [6.45, 7) is 0. The second-order valence-electron chi connectivity index (χ2n) is 6.83. The maximum absolute atomic E-state index is 14.8. The lowest BCUT2D eigenvalue weighted by Crippen LogP contribution is -2.29. The van der Waals surface area contributed by atoms with Gasteiger partial charge in [-0.1, -0.05) is 54.6 Å². The number of anilines is 1. The van der Waals surface area contributed by atoms with E-state index in [2.05, 4.69) is 0 Å². The van der Waals surface area contributed by atoms with Crippen LogP contribution >= 0.6 is 0 Å². The monoisotopic (exact) mass is 418 g/mol. The molecule has 0 aliphatic carbocycles. The first-order chi connectivity index (χ1) is 14.9. The van der Waals surface area contributed by atoms with E-state index in [1.54, 1.807) is 30.3 Å². The fourth-order valence-corrected chi connectivity index (χ4v) is 3.60. The average molecular weight is 418 g/mol. The number of nitro groups is 1. The molecule has 1 aliphatic heterocycles. The van der Waals surface area contributed by atoms with Crippen LogP contribution in [0.5, 0.6) is 0 Å². The third-order valence-corrected chi connectivity index (χ3v) is 5.01. The summed E-state index contributed by atoms with van der Waals surface area (Å²) in [5.74, 6) is -3.18. The summed E-state index contributed by atoms with van der Waals surface area (Å²) in [5, 5.41) is 22.1. The predicted octanol–water partition coefficient (Wildman–Crippen LogP) is 4.36. The minimum absolute atomic E-state index is 0.0225. The second-order valence-corrected chi connectivity index (χ2v) is 6.83. The zero-order chi connectivity index (χ0) is 22.1. The molecule has 154 valence electrons. The molecule has 0 spiro atoms. The molecule has 1 aliphatic rings. The van der Waals surface area contributed by atoms with Gasteiger partial charge in [-0.25, -0.2) is 4.39 Å². The van der Waals surface area contributed by atoms with Crippen LogP contribution < -0.4 is 4.90 Å². The Balaban J connectivity index is 1.98. The Morgan fingerprint density at radius 3 is 2.32 bits per heavy atom. The van der Waals surface area contributed by atoms with Gasteiger partial charge in [-0.2, -0.15) is 0 Å². The van der Waals surface area contributed by atoms with Crippen molar-refractivity contribution in [2.24, 2.45) is 0 Å². The number of Topliss-reactive ketones (excluding diaryl/α,β-unsaturated/α-hetero) is 1. The van der Waals surface area contributed by atoms with Crippen LogP contribution in [0.1, 0.15) is 17.2 Å². The summed E-state index contributed by atoms with van der Waals surface area (Å²) in [5.41, 5.74) is -0.300. The first-order valence-electron chi connectivity index (χ1n) is 9.25. The molecule has 3 aromatic carbocycles. The molecule has 1 N–H and O–H groups in total. The van der Waals surface area contributed by atoms with Crippen molar-refractivity contribution in [2.45, 2.75) is 6.04 Å². The number of aliphatic hydroxyl groups excluding tert-OH is 1. The summed E-state index contributed by atoms with van der Waals surface area (Å²) in [4.78, 5) is 37.5. The van der Waals surface area contributed by atoms with Crippen LogP contribution in [-0.4, -0.2) is 21.7 Å². The van der Waals surface area contributed by atoms with Crippen LogP contribution in [0.4, 0.5) is 15.8 Å². The molecular formula is C23H15FN2O5. The molecule has 8 heteroatoms. The van der Waals surface area contributed by atoms with E-state index in [4.69, 9.17) is 0 Å². The number of hydrogen-bond acceptors (Lipinski definition) is 5. The van der Waals surface area contributed by atoms with Gasteiger partial charge in [0, 0.05) is 23.3 Å². The Bertz CT molecular complexity index is 1240. The molecule has 1 fully saturated rings. The number of carbonyl (C=O) groups is 2. The van der Waals surface area contributed by atoms with Crippen molar-refractivity contribution in [1.82, 2.24) is 0 Å². The number of ketones is 1. The molecule has 0 radical (unpaired) electrons. The summed E-state index contributed by atoms with van der Waals surface area (Å²) in [6.07, 6.45) is 0. The van der Waals surface area contributed by atoms with Crippen LogP contribution in [0.15, 0.2) is 84.4 Å². The quantitative estimate of drug-likeness (QED) is 0.223. The molecule has 0 unspecified atom stereocenters. The largest absolute Gasteiger partial charge is 0.507 e. The molecule has 0 bridgehead atoms. The van der Waals surface area contributed by atoms with Crippen LogP contribution in [0.3, 0.4) is 0 Å². The number of benzene rings is 3. The minimum Gasteiger partial charge on any atom is -0.507 e. The number of amides is 1. The third-order valence-electron chi connectivity index (χ3n) is 5.01. The topological polar surface area (TPSA) is 101 Å². The highest BCUT2D eigenvalue weighted by Crippen LogP contribution is 2.43. The predicted molar refractivity (Wildman–Crippen MR) is 111 cm³/mol. The van der Waals surface area contributed by atoms with Gasteiger partial charge < -0.3 is 5.11 Å². The zero-order valence-electron chi connectivity index (χ0n) is 15.9. The van der Waals surface area contributed by atoms with Crippen LogP contribution in [0.2, 0.25) is 0 Å². The number of non-ortho nitro benzene ring substituents is 1. The second kappa shape index (κ2) is 7.83. The van der Waals surface area contributed by atoms with E-state index in [1.807, 2.05) is 0 Å². The molecule has 7 nitrogen and oxygen atoms in total. The number of hydrogen-bond donors (Lipinski definition) is 1. The number of nitrogens with zero attached hydrogens (tertiary/aromatic N) is 2. The molecule has 31 heavy (non-hydrogen) atoms. The van der Waals surface area contributed by atoms with Gasteiger partial charge in [0.2, 0.25) is 0 Å². The van der Waals surface area contributed by atoms with E-state index in [0.29, 0.717) is 0 Å². The third kappa shape index (κ3) is 3.44. The number of nitro benzene ring substituents is 1. The Hall–Kier alpha value is -4.33. The number of aliphatic hydroxyl groups is 1. The van der Waals surface area contributed by atoms with E-state index < -0.39 is 34.2 Å². The molecule has 0 aromatic heterocycles. The standard InChI is InChI=1S/C23H15FN2O5/c24-18-12-5-4-11-17(18)20-19(21(27)14-7-2-1-3-8-14)22(28)23(29)25(20)15-9-6-10-16(13-15)26(30)31/h1-13,20,27H/t20-/m1/s1. The van der Waals surface area contributed by atoms with Crippen molar-refractivity contribution in [3.63, 3.8) is 0 Å². The summed E-state index contributed by atoms with van der Waals surface area (Å²) in [6, 6.07) is 17.5. The number of rotatable bonds is 4. The Morgan fingerprint density at radius 1 is 0.968 bits per heavy atom. The fourth-order valence-electron chi connectivity index (χ4n) is 3.60. The lowest BCUT2D eigenvalue weighted by atomic mass is 9.94. The summed E-state index contributed by atoms with van der Waals surface area (Å²) >= 11 is 0. The average Bonchev–Trinajstić information content (AvgIpc) is 3.04. The van der Waals surface area contributed by atoms with Crippen molar-refractivity contribution >= 4 is 28.8 Å². The molecule has 4 rings (SSSR count). The fraction of sp³-hybridized carbons (Fsp3) is 0.0435. The Morgan fingerprint density at radius 2 is 1.65 bits per heavy atom. The highest BCUT2D eigenvalue weighted by Gasteiger charge is 2.48. The maximum Gasteiger partial charge on any atom is 0.300 e. The van der Waals surface area contributed by atoms with Gasteiger partial charge in [-0.3, -0.25) is 24.6 Å². The van der Waals surface area contributed by atoms with E-state index >= 15 is 0 Å². The van der Waals surface area contributed by atoms with Crippen molar-refractivity contribution < 1.29 is 24.0 Å². The van der Waals surface area contributed by atoms with E-state index in [0.717, 1.165) is 11.0 Å². The first-order valence-corrected chi connectivity index (χ1v) is 9.25. The van der Waals surface area contributed by atoms with Crippen LogP contribution in [-0.2, 0) is 9.59 Å². The van der Waals surface area contributed by atoms with Gasteiger partial charge in [0.15, 0.2) is 0 Å². The highest BCUT2D eigenvalue weighted by atomic mass is 19.1. The molecule has 1 heterocycles. The number of halogens is 1. The van der Waals surface area contributed by atoms with Crippen molar-refractivity contribution in [3.8, 4) is 0 Å². The molecule has 1 atom stereocenters. The van der Waals surface area contributed by atoms with Crippen molar-refractivity contribution in [2.75, 3.05) is 4.90 Å². The van der Waals surface area contributed by atoms with E-state index in [1.165, 1.54) is 42.5 Å². The molecule has 1 saturated heterocycles. The maximum atomic E-state index is 14.8. The SMILES string of the molecule is O=C1C(=O)N(c2cccc([N+](=O)[O-])c2)[C@H](c2ccccc2F)C1=C(O)c1ccccc1. The summed E-state index contributed by atoms with van der Waals surface area (Å²) < 4.78 is 14.8. The van der Waals surface area contributed by atoms with E-state index in [-0.39, 0.29) is 28.1 Å². The Kier molecular flexibility index (Phi) is 5.04. The van der Waals surface area contributed by atoms with Gasteiger partial charge in [-0.05, 0) is 12.1 Å². The van der Waals surface area contributed by atoms with Crippen molar-refractivity contribution in [1.29, 1.82) is 0 Å². The van der Waals surface area contributed by atoms with Gasteiger partial charge in [0.1, 0.15) is 11.6 Å². The van der Waals surface area contributed by atoms with Crippen molar-refractivity contribution in [3.05, 3.63) is 111 Å². The molecule has 0 saturated carbocycles. The zero-order valence-corrected chi connectivity index (χ0v) is 15.9. The molecular weight excluding hydrogens is 403 g/mol. The molecule has 3 aromatic rings. The highest BCUT2D eigenvalue weighted by molar-refractivity contribution is 6.51. The van der Waals surface area contributed by atoms with Crippen LogP contribution in [0.25, 0.3) is 5.76 Å². The van der Waals surface area contributed by atoms with Crippen LogP contribution in [0, 0.1) is 15.9 Å². The van der Waals surface area contributed by atoms with Gasteiger partial charge in [0.25, 0.3) is 17.4 Å². The smallest absolute Gasteiger partial charge is 0.300 e. The lowest BCUT2D eigenvalue weighted by Gasteiger charge is -2.25. The lowest BCUT2D eigenvalue weighted by molar-refractivity contribution is -0.384. The first kappa shape index (κ1) is 20.0. The van der Waals surface area contributed by atoms with E-state index in [9.17, 15) is 29.2 Å². The normalized spacial score (nSPS) is 17.7. The Labute approximate surface area is 175 Å². The van der Waals surface area contributed by atoms with Gasteiger partial charge >= 0.3 is 0 Å². The minimum atomic E-state index is -1.30. The number of carbonyl (C=O) groups excluding carboxylic acids is 2. The van der Waals surface area contributed by atoms with Gasteiger partial charge in [0.05, 0.1) is 22.2 Å². The van der Waals surface area contributed by atoms with Gasteiger partial charge in [-0.15, -0.1) is 0 Å². The summed E-state index contributed by atoms with van der Waals surface area (Å²) in [7, 11) is 0.